The highest BCUT2D eigenvalue weighted by atomic mass is 19.1. The van der Waals surface area contributed by atoms with Crippen LogP contribution in [0.3, 0.4) is 0 Å². The summed E-state index contributed by atoms with van der Waals surface area (Å²) in [5.74, 6) is -0.324. The van der Waals surface area contributed by atoms with E-state index in [4.69, 9.17) is 0 Å². The highest BCUT2D eigenvalue weighted by molar-refractivity contribution is 5.95. The molecule has 1 N–H and O–H groups in total. The maximum atomic E-state index is 13.0. The molecule has 3 rings (SSSR count). The van der Waals surface area contributed by atoms with Gasteiger partial charge in [-0.1, -0.05) is 12.8 Å². The maximum Gasteiger partial charge on any atom is 0.253 e. The standard InChI is InChI=1S/C18H19FN2O/c1-12-16(18(22)21-15-4-2-3-5-15)10-11-17(20-12)13-6-8-14(19)9-7-13/h6-11,15H,2-5H2,1H3,(H,21,22). The summed E-state index contributed by atoms with van der Waals surface area (Å²) in [5.41, 5.74) is 2.89. The minimum absolute atomic E-state index is 0.0532. The van der Waals surface area contributed by atoms with Crippen LogP contribution in [0.25, 0.3) is 11.3 Å². The van der Waals surface area contributed by atoms with E-state index in [0.717, 1.165) is 24.1 Å². The summed E-state index contributed by atoms with van der Waals surface area (Å²) in [7, 11) is 0. The molecule has 114 valence electrons. The lowest BCUT2D eigenvalue weighted by Gasteiger charge is -2.13. The van der Waals surface area contributed by atoms with E-state index in [1.807, 2.05) is 13.0 Å². The second-order valence-corrected chi connectivity index (χ2v) is 5.79. The summed E-state index contributed by atoms with van der Waals surface area (Å²) in [5, 5.41) is 3.07. The monoisotopic (exact) mass is 298 g/mol. The van der Waals surface area contributed by atoms with E-state index >= 15 is 0 Å². The van der Waals surface area contributed by atoms with Gasteiger partial charge >= 0.3 is 0 Å². The number of benzene rings is 1. The molecule has 1 fully saturated rings. The van der Waals surface area contributed by atoms with Crippen molar-refractivity contribution in [3.63, 3.8) is 0 Å². The second kappa shape index (κ2) is 6.26. The third-order valence-electron chi connectivity index (χ3n) is 4.16. The Balaban J connectivity index is 1.79. The van der Waals surface area contributed by atoms with Crippen LogP contribution in [0.1, 0.15) is 41.7 Å². The summed E-state index contributed by atoms with van der Waals surface area (Å²) in [4.78, 5) is 16.8. The summed E-state index contributed by atoms with van der Waals surface area (Å²) < 4.78 is 13.0. The molecular formula is C18H19FN2O. The zero-order valence-electron chi connectivity index (χ0n) is 12.6. The Morgan fingerprint density at radius 3 is 2.45 bits per heavy atom. The van der Waals surface area contributed by atoms with Gasteiger partial charge in [0.1, 0.15) is 5.82 Å². The minimum Gasteiger partial charge on any atom is -0.349 e. The van der Waals surface area contributed by atoms with Crippen LogP contribution in [-0.4, -0.2) is 16.9 Å². The summed E-state index contributed by atoms with van der Waals surface area (Å²) in [6.07, 6.45) is 4.50. The first-order chi connectivity index (χ1) is 10.6. The molecule has 1 amide bonds. The van der Waals surface area contributed by atoms with Crippen LogP contribution >= 0.6 is 0 Å². The first-order valence-corrected chi connectivity index (χ1v) is 7.68. The molecule has 1 aromatic carbocycles. The predicted molar refractivity (Wildman–Crippen MR) is 84.1 cm³/mol. The Hall–Kier alpha value is -2.23. The fraction of sp³-hybridized carbons (Fsp3) is 0.333. The highest BCUT2D eigenvalue weighted by Gasteiger charge is 2.19. The molecule has 1 saturated carbocycles. The second-order valence-electron chi connectivity index (χ2n) is 5.79. The topological polar surface area (TPSA) is 42.0 Å². The molecule has 4 heteroatoms. The number of carbonyl (C=O) groups excluding carboxylic acids is 1. The van der Waals surface area contributed by atoms with Crippen molar-refractivity contribution in [1.82, 2.24) is 10.3 Å². The van der Waals surface area contributed by atoms with Crippen LogP contribution in [0.15, 0.2) is 36.4 Å². The van der Waals surface area contributed by atoms with Crippen molar-refractivity contribution in [2.75, 3.05) is 0 Å². The van der Waals surface area contributed by atoms with Crippen LogP contribution in [0.4, 0.5) is 4.39 Å². The van der Waals surface area contributed by atoms with Gasteiger partial charge in [0.25, 0.3) is 5.91 Å². The van der Waals surface area contributed by atoms with Gasteiger partial charge in [0.15, 0.2) is 0 Å². The number of halogens is 1. The molecule has 0 atom stereocenters. The van der Waals surface area contributed by atoms with Gasteiger partial charge in [-0.15, -0.1) is 0 Å². The van der Waals surface area contributed by atoms with Gasteiger partial charge in [-0.2, -0.15) is 0 Å². The molecule has 0 bridgehead atoms. The van der Waals surface area contributed by atoms with Gasteiger partial charge < -0.3 is 5.32 Å². The smallest absolute Gasteiger partial charge is 0.253 e. The fourth-order valence-corrected chi connectivity index (χ4v) is 2.92. The average Bonchev–Trinajstić information content (AvgIpc) is 3.00. The normalized spacial score (nSPS) is 15.0. The van der Waals surface area contributed by atoms with Crippen LogP contribution in [0.5, 0.6) is 0 Å². The summed E-state index contributed by atoms with van der Waals surface area (Å²) in [6.45, 7) is 1.83. The van der Waals surface area contributed by atoms with E-state index in [1.54, 1.807) is 18.2 Å². The highest BCUT2D eigenvalue weighted by Crippen LogP contribution is 2.21. The van der Waals surface area contributed by atoms with E-state index < -0.39 is 0 Å². The maximum absolute atomic E-state index is 13.0. The SMILES string of the molecule is Cc1nc(-c2ccc(F)cc2)ccc1C(=O)NC1CCCC1. The number of nitrogens with one attached hydrogen (secondary N) is 1. The molecule has 1 aromatic heterocycles. The van der Waals surface area contributed by atoms with Crippen molar-refractivity contribution in [3.8, 4) is 11.3 Å². The Labute approximate surface area is 129 Å². The van der Waals surface area contributed by atoms with Gasteiger partial charge in [0.05, 0.1) is 17.0 Å². The van der Waals surface area contributed by atoms with Crippen LogP contribution in [0, 0.1) is 12.7 Å². The molecular weight excluding hydrogens is 279 g/mol. The number of nitrogens with zero attached hydrogens (tertiary/aromatic N) is 1. The molecule has 1 heterocycles. The largest absolute Gasteiger partial charge is 0.349 e. The number of hydrogen-bond acceptors (Lipinski definition) is 2. The fourth-order valence-electron chi connectivity index (χ4n) is 2.92. The van der Waals surface area contributed by atoms with Crippen molar-refractivity contribution in [2.45, 2.75) is 38.6 Å². The molecule has 0 saturated heterocycles. The van der Waals surface area contributed by atoms with Crippen LogP contribution < -0.4 is 5.32 Å². The van der Waals surface area contributed by atoms with Crippen molar-refractivity contribution >= 4 is 5.91 Å². The average molecular weight is 298 g/mol. The Kier molecular flexibility index (Phi) is 4.18. The molecule has 1 aliphatic carbocycles. The third kappa shape index (κ3) is 3.16. The Morgan fingerprint density at radius 1 is 1.14 bits per heavy atom. The number of amides is 1. The van der Waals surface area contributed by atoms with Crippen molar-refractivity contribution < 1.29 is 9.18 Å². The number of hydrogen-bond donors (Lipinski definition) is 1. The van der Waals surface area contributed by atoms with E-state index in [1.165, 1.54) is 25.0 Å². The van der Waals surface area contributed by atoms with Crippen LogP contribution in [0.2, 0.25) is 0 Å². The lowest BCUT2D eigenvalue weighted by molar-refractivity contribution is 0.0937. The van der Waals surface area contributed by atoms with Gasteiger partial charge in [0, 0.05) is 11.6 Å². The van der Waals surface area contributed by atoms with Gasteiger partial charge in [-0.3, -0.25) is 9.78 Å². The lowest BCUT2D eigenvalue weighted by Crippen LogP contribution is -2.33. The lowest BCUT2D eigenvalue weighted by atomic mass is 10.1. The number of rotatable bonds is 3. The van der Waals surface area contributed by atoms with Gasteiger partial charge in [-0.05, 0) is 56.2 Å². The molecule has 0 spiro atoms. The number of aromatic nitrogens is 1. The first kappa shape index (κ1) is 14.7. The molecule has 22 heavy (non-hydrogen) atoms. The zero-order valence-corrected chi connectivity index (χ0v) is 12.6. The molecule has 0 unspecified atom stereocenters. The first-order valence-electron chi connectivity index (χ1n) is 7.68. The van der Waals surface area contributed by atoms with Gasteiger partial charge in [-0.25, -0.2) is 4.39 Å². The molecule has 3 nitrogen and oxygen atoms in total. The number of pyridine rings is 1. The minimum atomic E-state index is -0.270. The molecule has 2 aromatic rings. The Bertz CT molecular complexity index is 676. The van der Waals surface area contributed by atoms with Crippen molar-refractivity contribution in [2.24, 2.45) is 0 Å². The quantitative estimate of drug-likeness (QED) is 0.934. The summed E-state index contributed by atoms with van der Waals surface area (Å²) in [6, 6.07) is 10.1. The number of carbonyl (C=O) groups is 1. The molecule has 1 aliphatic rings. The van der Waals surface area contributed by atoms with E-state index in [-0.39, 0.29) is 11.7 Å². The Morgan fingerprint density at radius 2 is 1.82 bits per heavy atom. The number of aryl methyl sites for hydroxylation is 1. The third-order valence-corrected chi connectivity index (χ3v) is 4.16. The van der Waals surface area contributed by atoms with Crippen LogP contribution in [-0.2, 0) is 0 Å². The van der Waals surface area contributed by atoms with Crippen molar-refractivity contribution in [1.29, 1.82) is 0 Å². The zero-order chi connectivity index (χ0) is 15.5. The van der Waals surface area contributed by atoms with E-state index in [9.17, 15) is 9.18 Å². The van der Waals surface area contributed by atoms with E-state index in [0.29, 0.717) is 17.3 Å². The van der Waals surface area contributed by atoms with E-state index in [2.05, 4.69) is 10.3 Å². The summed E-state index contributed by atoms with van der Waals surface area (Å²) >= 11 is 0. The predicted octanol–water partition coefficient (Wildman–Crippen LogP) is 3.87. The van der Waals surface area contributed by atoms with Crippen molar-refractivity contribution in [3.05, 3.63) is 53.5 Å². The molecule has 0 aliphatic heterocycles. The molecule has 0 radical (unpaired) electrons. The van der Waals surface area contributed by atoms with Gasteiger partial charge in [0.2, 0.25) is 0 Å².